The highest BCUT2D eigenvalue weighted by atomic mass is 32.1. The standard InChI is InChI=1S/C20H20N4OS/c21-10-12-3-1-2-4-14(12)16(25)17-18(22)24-19(26-17)23-15-9-20(15)8-11-5-6-13(20)7-11/h1-4,11,13,15H,5-9,22H2,(H,23,24). The molecule has 4 unspecified atom stereocenters. The summed E-state index contributed by atoms with van der Waals surface area (Å²) in [7, 11) is 0. The summed E-state index contributed by atoms with van der Waals surface area (Å²) in [5.41, 5.74) is 7.25. The number of hydrogen-bond donors (Lipinski definition) is 2. The van der Waals surface area contributed by atoms with E-state index in [4.69, 9.17) is 5.73 Å². The summed E-state index contributed by atoms with van der Waals surface area (Å²) in [5, 5.41) is 13.5. The summed E-state index contributed by atoms with van der Waals surface area (Å²) in [4.78, 5) is 17.6. The molecular formula is C20H20N4OS. The van der Waals surface area contributed by atoms with E-state index in [1.165, 1.54) is 43.4 Å². The molecule has 6 heteroatoms. The largest absolute Gasteiger partial charge is 0.382 e. The Bertz CT molecular complexity index is 946. The number of nitrogens with one attached hydrogen (secondary N) is 1. The first-order chi connectivity index (χ1) is 12.6. The van der Waals surface area contributed by atoms with Crippen molar-refractivity contribution in [2.45, 2.75) is 38.1 Å². The van der Waals surface area contributed by atoms with Crippen molar-refractivity contribution < 1.29 is 4.79 Å². The molecule has 5 nitrogen and oxygen atoms in total. The Hall–Kier alpha value is -2.39. The zero-order chi connectivity index (χ0) is 17.9. The van der Waals surface area contributed by atoms with Gasteiger partial charge in [-0.15, -0.1) is 0 Å². The van der Waals surface area contributed by atoms with E-state index in [1.807, 2.05) is 0 Å². The van der Waals surface area contributed by atoms with Crippen molar-refractivity contribution in [3.63, 3.8) is 0 Å². The van der Waals surface area contributed by atoms with E-state index in [1.54, 1.807) is 24.3 Å². The van der Waals surface area contributed by atoms with Gasteiger partial charge in [-0.1, -0.05) is 29.9 Å². The van der Waals surface area contributed by atoms with E-state index in [-0.39, 0.29) is 11.6 Å². The molecule has 1 spiro atoms. The van der Waals surface area contributed by atoms with Crippen LogP contribution in [0.4, 0.5) is 10.9 Å². The van der Waals surface area contributed by atoms with Crippen molar-refractivity contribution in [1.29, 1.82) is 5.26 Å². The second-order valence-electron chi connectivity index (χ2n) is 7.93. The van der Waals surface area contributed by atoms with Crippen LogP contribution in [0.25, 0.3) is 0 Å². The summed E-state index contributed by atoms with van der Waals surface area (Å²) < 4.78 is 0. The average Bonchev–Trinajstić information content (AvgIpc) is 3.03. The molecule has 132 valence electrons. The summed E-state index contributed by atoms with van der Waals surface area (Å²) in [6, 6.07) is 9.36. The van der Waals surface area contributed by atoms with Crippen molar-refractivity contribution >= 4 is 28.1 Å². The van der Waals surface area contributed by atoms with Crippen LogP contribution in [0.5, 0.6) is 0 Å². The molecule has 2 bridgehead atoms. The first-order valence-corrected chi connectivity index (χ1v) is 9.99. The van der Waals surface area contributed by atoms with E-state index >= 15 is 0 Å². The number of nitrogens with two attached hydrogens (primary N) is 1. The fourth-order valence-corrected chi connectivity index (χ4v) is 6.18. The van der Waals surface area contributed by atoms with Crippen LogP contribution in [0.1, 0.15) is 52.9 Å². The van der Waals surface area contributed by atoms with Gasteiger partial charge in [-0.3, -0.25) is 4.79 Å². The first kappa shape index (κ1) is 15.8. The van der Waals surface area contributed by atoms with Gasteiger partial charge in [0, 0.05) is 11.6 Å². The third kappa shape index (κ3) is 2.27. The number of fused-ring (bicyclic) bond motifs is 3. The summed E-state index contributed by atoms with van der Waals surface area (Å²) in [5.74, 6) is 1.81. The van der Waals surface area contributed by atoms with Gasteiger partial charge in [-0.25, -0.2) is 4.98 Å². The lowest BCUT2D eigenvalue weighted by Crippen LogP contribution is -2.20. The third-order valence-electron chi connectivity index (χ3n) is 6.59. The zero-order valence-corrected chi connectivity index (χ0v) is 15.2. The molecule has 4 atom stereocenters. The molecule has 3 N–H and O–H groups in total. The van der Waals surface area contributed by atoms with E-state index in [0.717, 1.165) is 17.0 Å². The minimum atomic E-state index is -0.226. The van der Waals surface area contributed by atoms with Crippen molar-refractivity contribution in [3.8, 4) is 6.07 Å². The van der Waals surface area contributed by atoms with E-state index < -0.39 is 0 Å². The van der Waals surface area contributed by atoms with Gasteiger partial charge in [0.1, 0.15) is 10.7 Å². The van der Waals surface area contributed by atoms with Crippen molar-refractivity contribution in [2.75, 3.05) is 11.1 Å². The third-order valence-corrected chi connectivity index (χ3v) is 7.59. The highest BCUT2D eigenvalue weighted by Gasteiger charge is 2.65. The first-order valence-electron chi connectivity index (χ1n) is 9.17. The molecular weight excluding hydrogens is 344 g/mol. The Morgan fingerprint density at radius 2 is 2.19 bits per heavy atom. The number of hydrogen-bond acceptors (Lipinski definition) is 6. The minimum Gasteiger partial charge on any atom is -0.382 e. The van der Waals surface area contributed by atoms with Crippen LogP contribution < -0.4 is 11.1 Å². The molecule has 0 aliphatic heterocycles. The Kier molecular flexibility index (Phi) is 3.38. The average molecular weight is 364 g/mol. The zero-order valence-electron chi connectivity index (χ0n) is 14.4. The number of rotatable bonds is 4. The molecule has 3 aliphatic rings. The summed E-state index contributed by atoms with van der Waals surface area (Å²) >= 11 is 1.31. The van der Waals surface area contributed by atoms with Gasteiger partial charge in [0.25, 0.3) is 0 Å². The van der Waals surface area contributed by atoms with E-state index in [9.17, 15) is 10.1 Å². The normalized spacial score (nSPS) is 31.1. The molecule has 1 aromatic carbocycles. The molecule has 26 heavy (non-hydrogen) atoms. The van der Waals surface area contributed by atoms with Crippen LogP contribution >= 0.6 is 11.3 Å². The number of ketones is 1. The second-order valence-corrected chi connectivity index (χ2v) is 8.93. The number of nitriles is 1. The van der Waals surface area contributed by atoms with Gasteiger partial charge in [0.2, 0.25) is 5.78 Å². The van der Waals surface area contributed by atoms with Crippen LogP contribution in [0.2, 0.25) is 0 Å². The highest BCUT2D eigenvalue weighted by molar-refractivity contribution is 7.18. The molecule has 3 aliphatic carbocycles. The number of nitrogen functional groups attached to an aromatic ring is 1. The molecule has 0 radical (unpaired) electrons. The lowest BCUT2D eigenvalue weighted by Gasteiger charge is -2.22. The number of thiazole rings is 1. The molecule has 5 rings (SSSR count). The van der Waals surface area contributed by atoms with Gasteiger partial charge in [-0.05, 0) is 55.1 Å². The van der Waals surface area contributed by atoms with Crippen molar-refractivity contribution in [3.05, 3.63) is 40.3 Å². The predicted octanol–water partition coefficient (Wildman–Crippen LogP) is 3.82. The quantitative estimate of drug-likeness (QED) is 0.805. The summed E-state index contributed by atoms with van der Waals surface area (Å²) in [6.45, 7) is 0. The van der Waals surface area contributed by atoms with Gasteiger partial charge in [-0.2, -0.15) is 5.26 Å². The molecule has 3 fully saturated rings. The number of nitrogens with zero attached hydrogens (tertiary/aromatic N) is 2. The Morgan fingerprint density at radius 3 is 2.92 bits per heavy atom. The van der Waals surface area contributed by atoms with Crippen LogP contribution in [0.15, 0.2) is 24.3 Å². The number of carbonyl (C=O) groups is 1. The molecule has 1 heterocycles. The van der Waals surface area contributed by atoms with Crippen molar-refractivity contribution in [2.24, 2.45) is 17.3 Å². The topological polar surface area (TPSA) is 91.8 Å². The fraction of sp³-hybridized carbons (Fsp3) is 0.450. The fourth-order valence-electron chi connectivity index (χ4n) is 5.29. The Labute approximate surface area is 156 Å². The predicted molar refractivity (Wildman–Crippen MR) is 101 cm³/mol. The maximum absolute atomic E-state index is 12.8. The van der Waals surface area contributed by atoms with Gasteiger partial charge in [0.15, 0.2) is 5.13 Å². The van der Waals surface area contributed by atoms with Gasteiger partial charge in [0.05, 0.1) is 11.6 Å². The highest BCUT2D eigenvalue weighted by Crippen LogP contribution is 2.69. The number of carbonyl (C=O) groups excluding carboxylic acids is 1. The summed E-state index contributed by atoms with van der Waals surface area (Å²) in [6.07, 6.45) is 6.73. The molecule has 0 saturated heterocycles. The van der Waals surface area contributed by atoms with E-state index in [0.29, 0.717) is 27.5 Å². The lowest BCUT2D eigenvalue weighted by molar-refractivity contribution is 0.104. The second kappa shape index (κ2) is 5.55. The van der Waals surface area contributed by atoms with Crippen molar-refractivity contribution in [1.82, 2.24) is 4.98 Å². The van der Waals surface area contributed by atoms with Crippen LogP contribution in [0.3, 0.4) is 0 Å². The van der Waals surface area contributed by atoms with Crippen LogP contribution in [-0.2, 0) is 0 Å². The molecule has 1 aromatic heterocycles. The Morgan fingerprint density at radius 1 is 1.35 bits per heavy atom. The SMILES string of the molecule is N#Cc1ccccc1C(=O)c1sc(NC2CC23CC2CCC3C2)nc1N. The smallest absolute Gasteiger partial charge is 0.208 e. The van der Waals surface area contributed by atoms with E-state index in [2.05, 4.69) is 16.4 Å². The van der Waals surface area contributed by atoms with Crippen LogP contribution in [-0.4, -0.2) is 16.8 Å². The van der Waals surface area contributed by atoms with Gasteiger partial charge >= 0.3 is 0 Å². The minimum absolute atomic E-state index is 0.226. The maximum atomic E-state index is 12.8. The number of anilines is 2. The molecule has 3 saturated carbocycles. The molecule has 2 aromatic rings. The van der Waals surface area contributed by atoms with Crippen LogP contribution in [0, 0.1) is 28.6 Å². The monoisotopic (exact) mass is 364 g/mol. The maximum Gasteiger partial charge on any atom is 0.208 e. The number of aromatic nitrogens is 1. The molecule has 0 amide bonds. The number of benzene rings is 1. The Balaban J connectivity index is 1.36. The van der Waals surface area contributed by atoms with Gasteiger partial charge < -0.3 is 11.1 Å². The lowest BCUT2D eigenvalue weighted by atomic mass is 9.85.